The van der Waals surface area contributed by atoms with Gasteiger partial charge in [-0.1, -0.05) is 35.2 Å². The molecule has 0 radical (unpaired) electrons. The molecule has 8 heteroatoms. The first-order chi connectivity index (χ1) is 17.3. The smallest absolute Gasteiger partial charge is 0.253 e. The summed E-state index contributed by atoms with van der Waals surface area (Å²) in [5, 5.41) is 9.85. The molecule has 0 unspecified atom stereocenters. The molecule has 0 saturated carbocycles. The molecule has 4 rings (SSSR count). The summed E-state index contributed by atoms with van der Waals surface area (Å²) in [6, 6.07) is 19.0. The normalized spacial score (nSPS) is 10.8. The van der Waals surface area contributed by atoms with Crippen LogP contribution in [0, 0.1) is 17.8 Å². The zero-order valence-electron chi connectivity index (χ0n) is 19.7. The van der Waals surface area contributed by atoms with Gasteiger partial charge in [0.1, 0.15) is 0 Å². The van der Waals surface area contributed by atoms with E-state index in [0.29, 0.717) is 51.7 Å². The number of aromatic nitrogens is 2. The van der Waals surface area contributed by atoms with Crippen molar-refractivity contribution in [3.8, 4) is 12.3 Å². The predicted molar refractivity (Wildman–Crippen MR) is 143 cm³/mol. The molecule has 1 N–H and O–H groups in total. The first-order valence-electron chi connectivity index (χ1n) is 11.3. The Morgan fingerprint density at radius 2 is 1.64 bits per heavy atom. The number of imidazole rings is 1. The second kappa shape index (κ2) is 10.9. The summed E-state index contributed by atoms with van der Waals surface area (Å²) < 4.78 is 3.44. The van der Waals surface area contributed by atoms with Crippen LogP contribution in [0.1, 0.15) is 32.7 Å². The number of ketones is 1. The number of terminal acetylenes is 1. The Kier molecular flexibility index (Phi) is 7.64. The second-order valence-electron chi connectivity index (χ2n) is 8.40. The van der Waals surface area contributed by atoms with E-state index in [1.165, 1.54) is 0 Å². The molecule has 1 aromatic heterocycles. The molecule has 6 nitrogen and oxygen atoms in total. The molecule has 4 aromatic rings. The molecule has 0 spiro atoms. The highest BCUT2D eigenvalue weighted by Gasteiger charge is 2.17. The molecular formula is C28H24Cl2N4O2. The Balaban J connectivity index is 1.53. The maximum atomic E-state index is 12.9. The number of halogens is 2. The molecular weight excluding hydrogens is 495 g/mol. The third-order valence-corrected chi connectivity index (χ3v) is 6.58. The van der Waals surface area contributed by atoms with E-state index in [1.807, 2.05) is 6.07 Å². The monoisotopic (exact) mass is 518 g/mol. The SMILES string of the molecule is C#Cc1ccc(C(=O)N(C)CCCn2c(=N)n(CC(=O)c3ccc(Cl)cc3)c3cccc(Cl)c32)cc1. The number of aryl methyl sites for hydroxylation is 1. The third kappa shape index (κ3) is 5.23. The number of benzene rings is 3. The largest absolute Gasteiger partial charge is 0.342 e. The van der Waals surface area contributed by atoms with Crippen molar-refractivity contribution in [1.82, 2.24) is 14.0 Å². The van der Waals surface area contributed by atoms with Crippen LogP contribution in [0.15, 0.2) is 66.7 Å². The van der Waals surface area contributed by atoms with Crippen LogP contribution in [0.2, 0.25) is 10.0 Å². The van der Waals surface area contributed by atoms with Crippen molar-refractivity contribution in [2.24, 2.45) is 0 Å². The third-order valence-electron chi connectivity index (χ3n) is 6.03. The minimum absolute atomic E-state index is 0.00362. The van der Waals surface area contributed by atoms with Crippen molar-refractivity contribution in [1.29, 1.82) is 5.41 Å². The van der Waals surface area contributed by atoms with E-state index in [9.17, 15) is 9.59 Å². The summed E-state index contributed by atoms with van der Waals surface area (Å²) in [5.74, 6) is 2.30. The van der Waals surface area contributed by atoms with Crippen molar-refractivity contribution >= 4 is 45.9 Å². The van der Waals surface area contributed by atoms with Gasteiger partial charge in [0, 0.05) is 41.9 Å². The Bertz CT molecular complexity index is 1530. The number of carbonyl (C=O) groups excluding carboxylic acids is 2. The van der Waals surface area contributed by atoms with E-state index in [1.54, 1.807) is 81.7 Å². The number of hydrogen-bond donors (Lipinski definition) is 1. The minimum Gasteiger partial charge on any atom is -0.342 e. The van der Waals surface area contributed by atoms with Gasteiger partial charge in [0.15, 0.2) is 5.78 Å². The number of fused-ring (bicyclic) bond motifs is 1. The van der Waals surface area contributed by atoms with Crippen molar-refractivity contribution in [2.45, 2.75) is 19.5 Å². The quantitative estimate of drug-likeness (QED) is 0.255. The van der Waals surface area contributed by atoms with Gasteiger partial charge in [-0.05, 0) is 67.1 Å². The summed E-state index contributed by atoms with van der Waals surface area (Å²) >= 11 is 12.5. The van der Waals surface area contributed by atoms with Crippen LogP contribution in [0.4, 0.5) is 0 Å². The predicted octanol–water partition coefficient (Wildman–Crippen LogP) is 5.26. The average molecular weight is 519 g/mol. The molecule has 0 aliphatic rings. The van der Waals surface area contributed by atoms with Gasteiger partial charge in [-0.3, -0.25) is 15.0 Å². The highest BCUT2D eigenvalue weighted by molar-refractivity contribution is 6.35. The Labute approximate surface area is 219 Å². The Morgan fingerprint density at radius 1 is 0.972 bits per heavy atom. The fourth-order valence-corrected chi connectivity index (χ4v) is 4.50. The minimum atomic E-state index is -0.134. The van der Waals surface area contributed by atoms with E-state index in [2.05, 4.69) is 5.92 Å². The summed E-state index contributed by atoms with van der Waals surface area (Å²) in [6.07, 6.45) is 5.98. The number of nitrogens with one attached hydrogen (secondary N) is 1. The van der Waals surface area contributed by atoms with E-state index in [0.717, 1.165) is 5.56 Å². The van der Waals surface area contributed by atoms with Gasteiger partial charge in [-0.15, -0.1) is 6.42 Å². The number of rotatable bonds is 8. The molecule has 0 aliphatic carbocycles. The summed E-state index contributed by atoms with van der Waals surface area (Å²) in [4.78, 5) is 27.3. The lowest BCUT2D eigenvalue weighted by molar-refractivity contribution is 0.0791. The second-order valence-corrected chi connectivity index (χ2v) is 9.24. The van der Waals surface area contributed by atoms with Gasteiger partial charge < -0.3 is 14.0 Å². The molecule has 0 saturated heterocycles. The maximum absolute atomic E-state index is 12.9. The topological polar surface area (TPSA) is 71.1 Å². The van der Waals surface area contributed by atoms with Crippen molar-refractivity contribution in [3.63, 3.8) is 0 Å². The van der Waals surface area contributed by atoms with E-state index in [4.69, 9.17) is 35.0 Å². The fraction of sp³-hybridized carbons (Fsp3) is 0.179. The molecule has 0 fully saturated rings. The highest BCUT2D eigenvalue weighted by Crippen LogP contribution is 2.23. The van der Waals surface area contributed by atoms with Crippen LogP contribution >= 0.6 is 23.2 Å². The lowest BCUT2D eigenvalue weighted by Crippen LogP contribution is -2.31. The van der Waals surface area contributed by atoms with E-state index >= 15 is 0 Å². The van der Waals surface area contributed by atoms with Gasteiger partial charge in [0.05, 0.1) is 22.6 Å². The van der Waals surface area contributed by atoms with Crippen molar-refractivity contribution in [3.05, 3.63) is 99.1 Å². The van der Waals surface area contributed by atoms with Crippen LogP contribution in [-0.4, -0.2) is 39.3 Å². The van der Waals surface area contributed by atoms with Crippen LogP contribution < -0.4 is 5.62 Å². The average Bonchev–Trinajstić information content (AvgIpc) is 3.15. The van der Waals surface area contributed by atoms with Crippen molar-refractivity contribution in [2.75, 3.05) is 13.6 Å². The van der Waals surface area contributed by atoms with E-state index in [-0.39, 0.29) is 23.9 Å². The fourth-order valence-electron chi connectivity index (χ4n) is 4.10. The zero-order chi connectivity index (χ0) is 25.8. The van der Waals surface area contributed by atoms with Crippen LogP contribution in [0.5, 0.6) is 0 Å². The number of hydrogen-bond acceptors (Lipinski definition) is 3. The molecule has 1 heterocycles. The zero-order valence-corrected chi connectivity index (χ0v) is 21.2. The Hall–Kier alpha value is -3.79. The number of Topliss-reactive ketones (excluding diaryl/α,β-unsaturated/α-hetero) is 1. The van der Waals surface area contributed by atoms with Gasteiger partial charge in [-0.2, -0.15) is 0 Å². The van der Waals surface area contributed by atoms with Gasteiger partial charge in [0.25, 0.3) is 5.91 Å². The molecule has 0 aliphatic heterocycles. The van der Waals surface area contributed by atoms with Gasteiger partial charge in [-0.25, -0.2) is 0 Å². The van der Waals surface area contributed by atoms with E-state index < -0.39 is 0 Å². The number of carbonyl (C=O) groups is 2. The molecule has 182 valence electrons. The van der Waals surface area contributed by atoms with Crippen LogP contribution in [0.3, 0.4) is 0 Å². The molecule has 1 amide bonds. The van der Waals surface area contributed by atoms with Gasteiger partial charge >= 0.3 is 0 Å². The first kappa shape index (κ1) is 25.3. The molecule has 0 atom stereocenters. The molecule has 36 heavy (non-hydrogen) atoms. The van der Waals surface area contributed by atoms with Crippen LogP contribution in [0.25, 0.3) is 11.0 Å². The lowest BCUT2D eigenvalue weighted by Gasteiger charge is -2.17. The summed E-state index contributed by atoms with van der Waals surface area (Å²) in [7, 11) is 1.74. The lowest BCUT2D eigenvalue weighted by atomic mass is 10.1. The highest BCUT2D eigenvalue weighted by atomic mass is 35.5. The summed E-state index contributed by atoms with van der Waals surface area (Å²) in [6.45, 7) is 0.925. The van der Waals surface area contributed by atoms with Gasteiger partial charge in [0.2, 0.25) is 5.62 Å². The number of nitrogens with zero attached hydrogens (tertiary/aromatic N) is 3. The standard InChI is InChI=1S/C28H24Cl2N4O2/c1-3-19-8-10-21(11-9-19)27(36)32(2)16-5-17-33-26-23(30)6-4-7-24(26)34(28(33)31)18-25(35)20-12-14-22(29)15-13-20/h1,4,6-15,31H,5,16-18H2,2H3. The molecule has 3 aromatic carbocycles. The first-order valence-corrected chi connectivity index (χ1v) is 12.1. The number of amides is 1. The summed E-state index contributed by atoms with van der Waals surface area (Å²) in [5.41, 5.74) is 3.35. The van der Waals surface area contributed by atoms with Crippen LogP contribution in [-0.2, 0) is 13.1 Å². The van der Waals surface area contributed by atoms with Crippen molar-refractivity contribution < 1.29 is 9.59 Å². The Morgan fingerprint density at radius 3 is 2.31 bits per heavy atom. The maximum Gasteiger partial charge on any atom is 0.253 e. The number of para-hydroxylation sites is 1. The molecule has 0 bridgehead atoms.